The van der Waals surface area contributed by atoms with Gasteiger partial charge in [0.1, 0.15) is 6.67 Å². The van der Waals surface area contributed by atoms with Crippen LogP contribution < -0.4 is 5.32 Å². The lowest BCUT2D eigenvalue weighted by molar-refractivity contribution is -0.139. The lowest BCUT2D eigenvalue weighted by atomic mass is 10.1. The van der Waals surface area contributed by atoms with Crippen molar-refractivity contribution in [3.8, 4) is 0 Å². The number of rotatable bonds is 6. The Morgan fingerprint density at radius 1 is 1.48 bits per heavy atom. The van der Waals surface area contributed by atoms with Gasteiger partial charge in [0.25, 0.3) is 5.91 Å². The van der Waals surface area contributed by atoms with Crippen molar-refractivity contribution in [3.63, 3.8) is 0 Å². The minimum Gasteiger partial charge on any atom is -0.480 e. The van der Waals surface area contributed by atoms with Gasteiger partial charge < -0.3 is 10.4 Å². The Morgan fingerprint density at radius 2 is 2.17 bits per heavy atom. The smallest absolute Gasteiger partial charge is 0.328 e. The third-order valence-corrected chi connectivity index (χ3v) is 3.71. The summed E-state index contributed by atoms with van der Waals surface area (Å²) in [6.45, 7) is 4.55. The van der Waals surface area contributed by atoms with Gasteiger partial charge in [-0.1, -0.05) is 6.92 Å². The number of nitrogens with one attached hydrogen (secondary N) is 1. The van der Waals surface area contributed by atoms with E-state index in [1.807, 2.05) is 13.8 Å². The van der Waals surface area contributed by atoms with Gasteiger partial charge in [0, 0.05) is 5.69 Å². The molecule has 0 saturated heterocycles. The summed E-state index contributed by atoms with van der Waals surface area (Å²) in [4.78, 5) is 27.6. The van der Waals surface area contributed by atoms with Gasteiger partial charge in [0.15, 0.2) is 11.7 Å². The number of carboxylic acid groups (broad SMARTS) is 1. The summed E-state index contributed by atoms with van der Waals surface area (Å²) < 4.78 is 14.4. The summed E-state index contributed by atoms with van der Waals surface area (Å²) >= 11 is 0. The van der Waals surface area contributed by atoms with Gasteiger partial charge in [-0.2, -0.15) is 5.10 Å². The van der Waals surface area contributed by atoms with Crippen LogP contribution in [-0.4, -0.2) is 44.5 Å². The number of carbonyl (C=O) groups is 2. The van der Waals surface area contributed by atoms with Crippen molar-refractivity contribution in [2.45, 2.75) is 39.3 Å². The molecule has 0 saturated carbocycles. The Balaban J connectivity index is 2.46. The molecule has 2 heterocycles. The third kappa shape index (κ3) is 3.30. The molecule has 23 heavy (non-hydrogen) atoms. The SMILES string of the molecule is CCC(C)n1ncc2c(C(=O)NC(CF)C(=O)O)cc(C)nc21. The molecular formula is C15H19FN4O3. The molecule has 7 nitrogen and oxygen atoms in total. The highest BCUT2D eigenvalue weighted by molar-refractivity contribution is 6.06. The zero-order chi connectivity index (χ0) is 17.1. The molecule has 2 unspecified atom stereocenters. The summed E-state index contributed by atoms with van der Waals surface area (Å²) in [6.07, 6.45) is 2.37. The Bertz CT molecular complexity index is 744. The summed E-state index contributed by atoms with van der Waals surface area (Å²) in [5, 5.41) is 15.8. The monoisotopic (exact) mass is 322 g/mol. The molecule has 2 N–H and O–H groups in total. The summed E-state index contributed by atoms with van der Waals surface area (Å²) in [6, 6.07) is 0.0724. The first-order chi connectivity index (χ1) is 10.9. The normalized spacial score (nSPS) is 13.7. The summed E-state index contributed by atoms with van der Waals surface area (Å²) in [7, 11) is 0. The van der Waals surface area contributed by atoms with Gasteiger partial charge in [0.2, 0.25) is 0 Å². The molecule has 0 aromatic carbocycles. The van der Waals surface area contributed by atoms with Crippen molar-refractivity contribution < 1.29 is 19.1 Å². The van der Waals surface area contributed by atoms with E-state index in [9.17, 15) is 14.0 Å². The number of aliphatic carboxylic acids is 1. The Morgan fingerprint density at radius 3 is 2.74 bits per heavy atom. The van der Waals surface area contributed by atoms with E-state index in [2.05, 4.69) is 15.4 Å². The maximum atomic E-state index is 12.7. The number of hydrogen-bond donors (Lipinski definition) is 2. The molecule has 124 valence electrons. The first kappa shape index (κ1) is 16.9. The van der Waals surface area contributed by atoms with Gasteiger partial charge in [-0.05, 0) is 26.3 Å². The summed E-state index contributed by atoms with van der Waals surface area (Å²) in [5.41, 5.74) is 1.39. The van der Waals surface area contributed by atoms with E-state index < -0.39 is 24.6 Å². The van der Waals surface area contributed by atoms with E-state index in [1.165, 1.54) is 12.3 Å². The standard InChI is InChI=1S/C15H19FN4O3/c1-4-9(3)20-13-11(7-17-20)10(5-8(2)18-13)14(21)19-12(6-16)15(22)23/h5,7,9,12H,4,6H2,1-3H3,(H,19,21)(H,22,23). The van der Waals surface area contributed by atoms with Crippen molar-refractivity contribution >= 4 is 22.9 Å². The van der Waals surface area contributed by atoms with E-state index in [1.54, 1.807) is 11.6 Å². The van der Waals surface area contributed by atoms with Gasteiger partial charge in [-0.15, -0.1) is 0 Å². The molecule has 0 radical (unpaired) electrons. The number of aryl methyl sites for hydroxylation is 1. The quantitative estimate of drug-likeness (QED) is 0.846. The van der Waals surface area contributed by atoms with Crippen molar-refractivity contribution in [1.82, 2.24) is 20.1 Å². The van der Waals surface area contributed by atoms with Crippen LogP contribution in [0.5, 0.6) is 0 Å². The first-order valence-corrected chi connectivity index (χ1v) is 7.33. The number of aromatic nitrogens is 3. The van der Waals surface area contributed by atoms with Crippen molar-refractivity contribution in [2.24, 2.45) is 0 Å². The molecule has 2 aromatic rings. The zero-order valence-electron chi connectivity index (χ0n) is 13.2. The van der Waals surface area contributed by atoms with E-state index in [-0.39, 0.29) is 11.6 Å². The predicted octanol–water partition coefficient (Wildman–Crippen LogP) is 1.86. The maximum absolute atomic E-state index is 12.7. The number of fused-ring (bicyclic) bond motifs is 1. The van der Waals surface area contributed by atoms with Crippen molar-refractivity contribution in [1.29, 1.82) is 0 Å². The van der Waals surface area contributed by atoms with Crippen LogP contribution in [0.25, 0.3) is 11.0 Å². The van der Waals surface area contributed by atoms with Crippen LogP contribution in [0.2, 0.25) is 0 Å². The van der Waals surface area contributed by atoms with Crippen LogP contribution in [0.3, 0.4) is 0 Å². The van der Waals surface area contributed by atoms with Crippen molar-refractivity contribution in [3.05, 3.63) is 23.5 Å². The average molecular weight is 322 g/mol. The molecule has 2 atom stereocenters. The minimum absolute atomic E-state index is 0.107. The third-order valence-electron chi connectivity index (χ3n) is 3.71. The fourth-order valence-electron chi connectivity index (χ4n) is 2.23. The second-order valence-corrected chi connectivity index (χ2v) is 5.41. The van der Waals surface area contributed by atoms with Crippen LogP contribution in [0.15, 0.2) is 12.3 Å². The molecule has 2 aromatic heterocycles. The number of carbonyl (C=O) groups excluding carboxylic acids is 1. The van der Waals surface area contributed by atoms with Crippen molar-refractivity contribution in [2.75, 3.05) is 6.67 Å². The lowest BCUT2D eigenvalue weighted by Crippen LogP contribution is -2.42. The number of amides is 1. The average Bonchev–Trinajstić information content (AvgIpc) is 2.93. The molecular weight excluding hydrogens is 303 g/mol. The number of hydrogen-bond acceptors (Lipinski definition) is 4. The zero-order valence-corrected chi connectivity index (χ0v) is 13.2. The topological polar surface area (TPSA) is 97.1 Å². The second-order valence-electron chi connectivity index (χ2n) is 5.41. The number of pyridine rings is 1. The Hall–Kier alpha value is -2.51. The maximum Gasteiger partial charge on any atom is 0.328 e. The highest BCUT2D eigenvalue weighted by Gasteiger charge is 2.23. The van der Waals surface area contributed by atoms with Crippen LogP contribution in [-0.2, 0) is 4.79 Å². The van der Waals surface area contributed by atoms with E-state index in [4.69, 9.17) is 5.11 Å². The molecule has 0 aliphatic carbocycles. The molecule has 8 heteroatoms. The Kier molecular flexibility index (Phi) is 4.92. The van der Waals surface area contributed by atoms with Gasteiger partial charge in [-0.3, -0.25) is 4.79 Å². The number of carboxylic acids is 1. The molecule has 2 rings (SSSR count). The fourth-order valence-corrected chi connectivity index (χ4v) is 2.23. The molecule has 0 aliphatic rings. The molecule has 1 amide bonds. The predicted molar refractivity (Wildman–Crippen MR) is 82.1 cm³/mol. The van der Waals surface area contributed by atoms with E-state index >= 15 is 0 Å². The first-order valence-electron chi connectivity index (χ1n) is 7.33. The van der Waals surface area contributed by atoms with Gasteiger partial charge in [0.05, 0.1) is 23.2 Å². The lowest BCUT2D eigenvalue weighted by Gasteiger charge is -2.13. The molecule has 0 spiro atoms. The largest absolute Gasteiger partial charge is 0.480 e. The van der Waals surface area contributed by atoms with Gasteiger partial charge in [-0.25, -0.2) is 18.9 Å². The molecule has 0 bridgehead atoms. The highest BCUT2D eigenvalue weighted by atomic mass is 19.1. The fraction of sp³-hybridized carbons (Fsp3) is 0.467. The van der Waals surface area contributed by atoms with Gasteiger partial charge >= 0.3 is 5.97 Å². The van der Waals surface area contributed by atoms with Crippen LogP contribution in [0.4, 0.5) is 4.39 Å². The van der Waals surface area contributed by atoms with Crippen LogP contribution in [0.1, 0.15) is 42.4 Å². The van der Waals surface area contributed by atoms with Crippen LogP contribution >= 0.6 is 0 Å². The summed E-state index contributed by atoms with van der Waals surface area (Å²) in [5.74, 6) is -2.08. The highest BCUT2D eigenvalue weighted by Crippen LogP contribution is 2.22. The van der Waals surface area contributed by atoms with E-state index in [0.717, 1.165) is 6.42 Å². The Labute approximate surface area is 132 Å². The second kappa shape index (κ2) is 6.72. The molecule has 0 aliphatic heterocycles. The van der Waals surface area contributed by atoms with Crippen LogP contribution in [0, 0.1) is 6.92 Å². The number of nitrogens with zero attached hydrogens (tertiary/aromatic N) is 3. The number of halogens is 1. The van der Waals surface area contributed by atoms with E-state index in [0.29, 0.717) is 16.7 Å². The number of alkyl halides is 1. The minimum atomic E-state index is -1.57. The molecule has 0 fully saturated rings.